The minimum absolute atomic E-state index is 0.124. The number of nitrogens with one attached hydrogen (secondary N) is 2. The number of carbonyl (C=O) groups is 1. The highest BCUT2D eigenvalue weighted by atomic mass is 35.5. The first-order valence-electron chi connectivity index (χ1n) is 8.15. The van der Waals surface area contributed by atoms with Gasteiger partial charge in [0.05, 0.1) is 24.8 Å². The van der Waals surface area contributed by atoms with Crippen LogP contribution in [-0.4, -0.2) is 25.7 Å². The molecule has 0 fully saturated rings. The molecular formula is C19H23ClN2O3. The van der Waals surface area contributed by atoms with Gasteiger partial charge in [0.1, 0.15) is 11.5 Å². The van der Waals surface area contributed by atoms with Gasteiger partial charge in [0.25, 0.3) is 0 Å². The van der Waals surface area contributed by atoms with E-state index in [1.165, 1.54) is 0 Å². The summed E-state index contributed by atoms with van der Waals surface area (Å²) in [5.74, 6) is 1.17. The van der Waals surface area contributed by atoms with Crippen molar-refractivity contribution in [1.29, 1.82) is 0 Å². The number of hydrogen-bond donors (Lipinski definition) is 2. The van der Waals surface area contributed by atoms with Gasteiger partial charge in [-0.15, -0.1) is 0 Å². The third-order valence-electron chi connectivity index (χ3n) is 3.63. The Labute approximate surface area is 153 Å². The van der Waals surface area contributed by atoms with Gasteiger partial charge >= 0.3 is 0 Å². The number of amides is 1. The highest BCUT2D eigenvalue weighted by Gasteiger charge is 2.07. The van der Waals surface area contributed by atoms with Gasteiger partial charge < -0.3 is 20.1 Å². The van der Waals surface area contributed by atoms with E-state index in [-0.39, 0.29) is 18.6 Å². The Morgan fingerprint density at radius 2 is 2.00 bits per heavy atom. The summed E-state index contributed by atoms with van der Waals surface area (Å²) in [6, 6.07) is 12.6. The van der Waals surface area contributed by atoms with E-state index in [1.54, 1.807) is 25.3 Å². The van der Waals surface area contributed by atoms with Crippen LogP contribution in [-0.2, 0) is 4.79 Å². The van der Waals surface area contributed by atoms with Gasteiger partial charge in [-0.05, 0) is 43.7 Å². The van der Waals surface area contributed by atoms with E-state index in [0.29, 0.717) is 16.5 Å². The summed E-state index contributed by atoms with van der Waals surface area (Å²) in [5, 5.41) is 6.36. The molecule has 1 amide bonds. The van der Waals surface area contributed by atoms with E-state index in [4.69, 9.17) is 21.1 Å². The number of ether oxygens (including phenoxy) is 2. The van der Waals surface area contributed by atoms with Gasteiger partial charge in [-0.2, -0.15) is 0 Å². The summed E-state index contributed by atoms with van der Waals surface area (Å²) in [5.41, 5.74) is 1.44. The average Bonchev–Trinajstić information content (AvgIpc) is 2.60. The second kappa shape index (κ2) is 9.18. The fourth-order valence-corrected chi connectivity index (χ4v) is 2.38. The monoisotopic (exact) mass is 362 g/mol. The van der Waals surface area contributed by atoms with Crippen LogP contribution in [0.3, 0.4) is 0 Å². The summed E-state index contributed by atoms with van der Waals surface area (Å²) >= 11 is 6.07. The molecular weight excluding hydrogens is 340 g/mol. The van der Waals surface area contributed by atoms with Crippen LogP contribution < -0.4 is 20.1 Å². The van der Waals surface area contributed by atoms with Gasteiger partial charge in [0.15, 0.2) is 0 Å². The lowest BCUT2D eigenvalue weighted by molar-refractivity contribution is -0.114. The van der Waals surface area contributed by atoms with Crippen molar-refractivity contribution in [3.8, 4) is 11.5 Å². The Morgan fingerprint density at radius 1 is 1.20 bits per heavy atom. The maximum Gasteiger partial charge on any atom is 0.243 e. The van der Waals surface area contributed by atoms with Crippen LogP contribution in [0.1, 0.15) is 20.3 Å². The lowest BCUT2D eigenvalue weighted by Crippen LogP contribution is -2.21. The summed E-state index contributed by atoms with van der Waals surface area (Å²) in [6.45, 7) is 4.20. The molecule has 0 spiro atoms. The molecule has 1 atom stereocenters. The predicted molar refractivity (Wildman–Crippen MR) is 102 cm³/mol. The van der Waals surface area contributed by atoms with E-state index in [9.17, 15) is 4.79 Å². The van der Waals surface area contributed by atoms with Crippen molar-refractivity contribution in [3.63, 3.8) is 0 Å². The van der Waals surface area contributed by atoms with Gasteiger partial charge in [-0.25, -0.2) is 0 Å². The highest BCUT2D eigenvalue weighted by molar-refractivity contribution is 6.32. The fourth-order valence-electron chi connectivity index (χ4n) is 2.13. The Kier molecular flexibility index (Phi) is 6.95. The van der Waals surface area contributed by atoms with Crippen molar-refractivity contribution in [2.24, 2.45) is 0 Å². The molecule has 2 aromatic carbocycles. The molecule has 0 radical (unpaired) electrons. The van der Waals surface area contributed by atoms with Crippen LogP contribution in [0.25, 0.3) is 0 Å². The third kappa shape index (κ3) is 5.87. The molecule has 0 saturated carbocycles. The van der Waals surface area contributed by atoms with Crippen molar-refractivity contribution in [2.45, 2.75) is 26.4 Å². The molecule has 2 aromatic rings. The Bertz CT molecular complexity index is 722. The Balaban J connectivity index is 1.90. The van der Waals surface area contributed by atoms with Gasteiger partial charge in [-0.3, -0.25) is 4.79 Å². The van der Waals surface area contributed by atoms with Crippen molar-refractivity contribution < 1.29 is 14.3 Å². The molecule has 0 heterocycles. The summed E-state index contributed by atoms with van der Waals surface area (Å²) in [7, 11) is 1.56. The van der Waals surface area contributed by atoms with Crippen molar-refractivity contribution in [3.05, 3.63) is 47.5 Å². The first kappa shape index (κ1) is 18.9. The lowest BCUT2D eigenvalue weighted by atomic mass is 10.2. The van der Waals surface area contributed by atoms with Crippen LogP contribution in [0.4, 0.5) is 11.4 Å². The second-order valence-electron chi connectivity index (χ2n) is 5.62. The molecule has 2 N–H and O–H groups in total. The number of hydrogen-bond acceptors (Lipinski definition) is 4. The quantitative estimate of drug-likeness (QED) is 0.721. The van der Waals surface area contributed by atoms with Crippen LogP contribution in [0.15, 0.2) is 42.5 Å². The number of halogens is 1. The number of carbonyl (C=O) groups excluding carboxylic acids is 1. The number of anilines is 2. The summed E-state index contributed by atoms with van der Waals surface area (Å²) < 4.78 is 10.9. The highest BCUT2D eigenvalue weighted by Crippen LogP contribution is 2.27. The van der Waals surface area contributed by atoms with Gasteiger partial charge in [0, 0.05) is 17.4 Å². The molecule has 0 aliphatic carbocycles. The maximum atomic E-state index is 12.1. The average molecular weight is 363 g/mol. The third-order valence-corrected chi connectivity index (χ3v) is 3.93. The largest absolute Gasteiger partial charge is 0.495 e. The number of methoxy groups -OCH3 is 1. The number of benzene rings is 2. The Morgan fingerprint density at radius 3 is 2.68 bits per heavy atom. The second-order valence-corrected chi connectivity index (χ2v) is 6.02. The van der Waals surface area contributed by atoms with Crippen molar-refractivity contribution in [2.75, 3.05) is 24.3 Å². The van der Waals surface area contributed by atoms with Gasteiger partial charge in [-0.1, -0.05) is 24.6 Å². The van der Waals surface area contributed by atoms with E-state index in [1.807, 2.05) is 31.2 Å². The smallest absolute Gasteiger partial charge is 0.243 e. The molecule has 0 aliphatic rings. The Hall–Kier alpha value is -2.40. The molecule has 0 aliphatic heterocycles. The lowest BCUT2D eigenvalue weighted by Gasteiger charge is -2.14. The molecule has 0 aromatic heterocycles. The standard InChI is InChI=1S/C19H23ClN2O3/c1-4-13(2)25-16-7-5-6-15(10-16)22-19(23)12-21-14-8-9-18(24-3)17(20)11-14/h5-11,13,21H,4,12H2,1-3H3,(H,22,23). The maximum absolute atomic E-state index is 12.1. The van der Waals surface area contributed by atoms with Crippen LogP contribution in [0.5, 0.6) is 11.5 Å². The van der Waals surface area contributed by atoms with Crippen LogP contribution in [0.2, 0.25) is 5.02 Å². The summed E-state index contributed by atoms with van der Waals surface area (Å²) in [4.78, 5) is 12.1. The van der Waals surface area contributed by atoms with E-state index < -0.39 is 0 Å². The van der Waals surface area contributed by atoms with Crippen molar-refractivity contribution in [1.82, 2.24) is 0 Å². The molecule has 6 heteroatoms. The molecule has 2 rings (SSSR count). The zero-order chi connectivity index (χ0) is 18.2. The van der Waals surface area contributed by atoms with Crippen molar-refractivity contribution >= 4 is 28.9 Å². The topological polar surface area (TPSA) is 59.6 Å². The SMILES string of the molecule is CCC(C)Oc1cccc(NC(=O)CNc2ccc(OC)c(Cl)c2)c1. The predicted octanol–water partition coefficient (Wildman–Crippen LogP) is 4.58. The van der Waals surface area contributed by atoms with Crippen LogP contribution in [0, 0.1) is 0 Å². The molecule has 134 valence electrons. The zero-order valence-corrected chi connectivity index (χ0v) is 15.4. The minimum Gasteiger partial charge on any atom is -0.495 e. The number of rotatable bonds is 8. The first-order valence-corrected chi connectivity index (χ1v) is 8.53. The first-order chi connectivity index (χ1) is 12.0. The minimum atomic E-state index is -0.160. The zero-order valence-electron chi connectivity index (χ0n) is 14.6. The van der Waals surface area contributed by atoms with Crippen LogP contribution >= 0.6 is 11.6 Å². The molecule has 0 saturated heterocycles. The normalized spacial score (nSPS) is 11.5. The van der Waals surface area contributed by atoms with Gasteiger partial charge in [0.2, 0.25) is 5.91 Å². The van der Waals surface area contributed by atoms with E-state index in [0.717, 1.165) is 17.9 Å². The van der Waals surface area contributed by atoms with E-state index in [2.05, 4.69) is 17.6 Å². The van der Waals surface area contributed by atoms with E-state index >= 15 is 0 Å². The fraction of sp³-hybridized carbons (Fsp3) is 0.316. The molecule has 1 unspecified atom stereocenters. The molecule has 0 bridgehead atoms. The molecule has 25 heavy (non-hydrogen) atoms. The summed E-state index contributed by atoms with van der Waals surface area (Å²) in [6.07, 6.45) is 1.05. The molecule has 5 nitrogen and oxygen atoms in total.